The predicted octanol–water partition coefficient (Wildman–Crippen LogP) is 2.00. The van der Waals surface area contributed by atoms with Crippen LogP contribution in [0.1, 0.15) is 41.0 Å². The maximum Gasteiger partial charge on any atom is 0.251 e. The van der Waals surface area contributed by atoms with Gasteiger partial charge >= 0.3 is 0 Å². The Hall–Kier alpha value is -1.49. The molecule has 1 saturated carbocycles. The highest BCUT2D eigenvalue weighted by Gasteiger charge is 2.25. The van der Waals surface area contributed by atoms with E-state index >= 15 is 0 Å². The Balaban J connectivity index is 1.89. The Morgan fingerprint density at radius 2 is 2.29 bits per heavy atom. The van der Waals surface area contributed by atoms with E-state index in [0.29, 0.717) is 12.3 Å². The van der Waals surface area contributed by atoms with Crippen LogP contribution in [0.15, 0.2) is 16.2 Å². The molecule has 0 radical (unpaired) electrons. The van der Waals surface area contributed by atoms with E-state index in [4.69, 9.17) is 0 Å². The maximum atomic E-state index is 11.5. The van der Waals surface area contributed by atoms with Crippen molar-refractivity contribution in [1.29, 1.82) is 0 Å². The van der Waals surface area contributed by atoms with E-state index in [0.717, 1.165) is 35.1 Å². The Morgan fingerprint density at radius 1 is 1.47 bits per heavy atom. The Bertz CT molecular complexity index is 598. The fourth-order valence-corrected chi connectivity index (χ4v) is 2.47. The fourth-order valence-electron chi connectivity index (χ4n) is 1.86. The van der Waals surface area contributed by atoms with E-state index in [2.05, 4.69) is 15.0 Å². The third kappa shape index (κ3) is 2.44. The summed E-state index contributed by atoms with van der Waals surface area (Å²) in [6, 6.07) is 1.62. The third-order valence-corrected chi connectivity index (χ3v) is 3.64. The zero-order valence-electron chi connectivity index (χ0n) is 9.56. The van der Waals surface area contributed by atoms with Crippen LogP contribution in [0.25, 0.3) is 0 Å². The molecule has 0 bridgehead atoms. The zero-order valence-corrected chi connectivity index (χ0v) is 10.4. The van der Waals surface area contributed by atoms with Crippen LogP contribution in [-0.2, 0) is 6.42 Å². The number of hydrogen-bond donors (Lipinski definition) is 1. The molecule has 1 aliphatic carbocycles. The van der Waals surface area contributed by atoms with Crippen LogP contribution >= 0.6 is 11.3 Å². The molecule has 0 atom stereocenters. The largest absolute Gasteiger partial charge is 0.310 e. The number of nitrogens with one attached hydrogen (secondary N) is 1. The number of nitrogens with zero attached hydrogens (tertiary/aromatic N) is 2. The summed E-state index contributed by atoms with van der Waals surface area (Å²) in [6.45, 7) is 1.98. The van der Waals surface area contributed by atoms with Crippen molar-refractivity contribution in [2.24, 2.45) is 0 Å². The summed E-state index contributed by atoms with van der Waals surface area (Å²) in [4.78, 5) is 23.2. The van der Waals surface area contributed by atoms with Crippen LogP contribution in [-0.4, -0.2) is 15.0 Å². The molecule has 2 aromatic rings. The lowest BCUT2D eigenvalue weighted by Crippen LogP contribution is -2.12. The molecular formula is C12H13N3OS. The molecule has 0 amide bonds. The number of aryl methyl sites for hydroxylation is 1. The lowest BCUT2D eigenvalue weighted by atomic mass is 10.2. The summed E-state index contributed by atoms with van der Waals surface area (Å²) in [5, 5.41) is 3.06. The molecule has 2 heterocycles. The summed E-state index contributed by atoms with van der Waals surface area (Å²) < 4.78 is 0. The minimum atomic E-state index is -0.0520. The molecule has 3 rings (SSSR count). The van der Waals surface area contributed by atoms with Gasteiger partial charge in [-0.1, -0.05) is 0 Å². The van der Waals surface area contributed by atoms with E-state index in [1.807, 2.05) is 12.3 Å². The first-order valence-electron chi connectivity index (χ1n) is 5.72. The summed E-state index contributed by atoms with van der Waals surface area (Å²) in [6.07, 6.45) is 2.93. The quantitative estimate of drug-likeness (QED) is 0.902. The molecule has 0 aromatic carbocycles. The molecule has 4 nitrogen and oxygen atoms in total. The molecular weight excluding hydrogens is 234 g/mol. The number of aromatic amines is 1. The van der Waals surface area contributed by atoms with Crippen molar-refractivity contribution in [3.05, 3.63) is 44.0 Å². The van der Waals surface area contributed by atoms with Crippen LogP contribution in [0.5, 0.6) is 0 Å². The molecule has 0 aliphatic heterocycles. The van der Waals surface area contributed by atoms with Gasteiger partial charge in [-0.05, 0) is 19.8 Å². The number of rotatable bonds is 3. The molecule has 5 heteroatoms. The van der Waals surface area contributed by atoms with E-state index < -0.39 is 0 Å². The monoisotopic (exact) mass is 247 g/mol. The number of H-pyrrole nitrogens is 1. The van der Waals surface area contributed by atoms with Gasteiger partial charge in [0.05, 0.1) is 16.4 Å². The van der Waals surface area contributed by atoms with Gasteiger partial charge in [0, 0.05) is 23.8 Å². The van der Waals surface area contributed by atoms with Crippen LogP contribution in [0, 0.1) is 6.92 Å². The number of hydrogen-bond acceptors (Lipinski definition) is 4. The van der Waals surface area contributed by atoms with E-state index in [1.165, 1.54) is 0 Å². The highest BCUT2D eigenvalue weighted by molar-refractivity contribution is 7.09. The number of thiazole rings is 1. The average Bonchev–Trinajstić information content (AvgIpc) is 3.03. The van der Waals surface area contributed by atoms with E-state index in [1.54, 1.807) is 17.4 Å². The first-order valence-corrected chi connectivity index (χ1v) is 6.60. The molecule has 0 spiro atoms. The normalized spacial score (nSPS) is 15.1. The minimum absolute atomic E-state index is 0.0520. The lowest BCUT2D eigenvalue weighted by Gasteiger charge is -2.01. The van der Waals surface area contributed by atoms with Gasteiger partial charge in [0.15, 0.2) is 0 Å². The Labute approximate surface area is 103 Å². The van der Waals surface area contributed by atoms with Crippen molar-refractivity contribution in [3.8, 4) is 0 Å². The van der Waals surface area contributed by atoms with Gasteiger partial charge in [-0.2, -0.15) is 0 Å². The van der Waals surface area contributed by atoms with Crippen LogP contribution in [0.3, 0.4) is 0 Å². The second-order valence-electron chi connectivity index (χ2n) is 4.43. The summed E-state index contributed by atoms with van der Waals surface area (Å²) in [7, 11) is 0. The highest BCUT2D eigenvalue weighted by atomic mass is 32.1. The van der Waals surface area contributed by atoms with Gasteiger partial charge < -0.3 is 4.98 Å². The molecule has 1 fully saturated rings. The van der Waals surface area contributed by atoms with Crippen molar-refractivity contribution in [1.82, 2.24) is 15.0 Å². The summed E-state index contributed by atoms with van der Waals surface area (Å²) in [5.41, 5.74) is 1.86. The smallest absolute Gasteiger partial charge is 0.251 e. The summed E-state index contributed by atoms with van der Waals surface area (Å²) >= 11 is 1.62. The molecule has 1 aliphatic rings. The van der Waals surface area contributed by atoms with Gasteiger partial charge in [0.25, 0.3) is 5.56 Å². The van der Waals surface area contributed by atoms with Gasteiger partial charge in [0.1, 0.15) is 5.82 Å². The first-order chi connectivity index (χ1) is 8.20. The zero-order chi connectivity index (χ0) is 11.8. The molecule has 17 heavy (non-hydrogen) atoms. The molecule has 0 unspecified atom stereocenters. The van der Waals surface area contributed by atoms with E-state index in [9.17, 15) is 4.79 Å². The number of aromatic nitrogens is 3. The Morgan fingerprint density at radius 3 is 2.94 bits per heavy atom. The van der Waals surface area contributed by atoms with E-state index in [-0.39, 0.29) is 5.56 Å². The Kier molecular flexibility index (Phi) is 2.55. The molecule has 1 N–H and O–H groups in total. The van der Waals surface area contributed by atoms with Crippen LogP contribution in [0.4, 0.5) is 0 Å². The second kappa shape index (κ2) is 4.07. The second-order valence-corrected chi connectivity index (χ2v) is 5.49. The van der Waals surface area contributed by atoms with Gasteiger partial charge in [-0.3, -0.25) is 4.79 Å². The van der Waals surface area contributed by atoms with Gasteiger partial charge in [0.2, 0.25) is 0 Å². The average molecular weight is 247 g/mol. The van der Waals surface area contributed by atoms with Gasteiger partial charge in [-0.15, -0.1) is 11.3 Å². The van der Waals surface area contributed by atoms with Gasteiger partial charge in [-0.25, -0.2) is 9.97 Å². The molecule has 88 valence electrons. The summed E-state index contributed by atoms with van der Waals surface area (Å²) in [5.74, 6) is 1.23. The van der Waals surface area contributed by atoms with Crippen molar-refractivity contribution in [2.75, 3.05) is 0 Å². The molecule has 0 saturated heterocycles. The molecule has 2 aromatic heterocycles. The van der Waals surface area contributed by atoms with Crippen molar-refractivity contribution in [2.45, 2.75) is 32.1 Å². The van der Waals surface area contributed by atoms with Crippen molar-refractivity contribution < 1.29 is 0 Å². The standard InChI is InChI=1S/C12H13N3OS/c1-7-13-9(6-17-7)4-11-14-10(8-2-3-8)5-12(16)15-11/h5-6,8H,2-4H2,1H3,(H,14,15,16). The minimum Gasteiger partial charge on any atom is -0.310 e. The predicted molar refractivity (Wildman–Crippen MR) is 66.5 cm³/mol. The lowest BCUT2D eigenvalue weighted by molar-refractivity contribution is 0.870. The van der Waals surface area contributed by atoms with Crippen LogP contribution in [0.2, 0.25) is 0 Å². The van der Waals surface area contributed by atoms with Crippen LogP contribution < -0.4 is 5.56 Å². The third-order valence-electron chi connectivity index (χ3n) is 2.82. The maximum absolute atomic E-state index is 11.5. The topological polar surface area (TPSA) is 58.6 Å². The van der Waals surface area contributed by atoms with Crippen molar-refractivity contribution >= 4 is 11.3 Å². The highest BCUT2D eigenvalue weighted by Crippen LogP contribution is 2.38. The first kappa shape index (κ1) is 10.7. The SMILES string of the molecule is Cc1nc(Cc2nc(C3CC3)cc(=O)[nH]2)cs1. The fraction of sp³-hybridized carbons (Fsp3) is 0.417. The van der Waals surface area contributed by atoms with Crippen molar-refractivity contribution in [3.63, 3.8) is 0 Å².